The van der Waals surface area contributed by atoms with Crippen LogP contribution in [0.5, 0.6) is 0 Å². The molecule has 0 amide bonds. The molecular formula is C12H16ClN5. The first-order valence-corrected chi connectivity index (χ1v) is 6.30. The number of nitrogens with zero attached hydrogens (tertiary/aromatic N) is 4. The Labute approximate surface area is 111 Å². The summed E-state index contributed by atoms with van der Waals surface area (Å²) >= 11 is 5.97. The molecule has 0 saturated carbocycles. The molecule has 2 heterocycles. The van der Waals surface area contributed by atoms with Crippen LogP contribution >= 0.6 is 11.6 Å². The standard InChI is InChI=1S/C12H16ClN5/c1-3-4-10-16-9(13)7-11(17-10)15-8-12-14-5-6-18(12)2/h5-7H,3-4,8H2,1-2H3,(H,15,16,17). The molecule has 0 atom stereocenters. The molecule has 0 radical (unpaired) electrons. The molecule has 0 bridgehead atoms. The van der Waals surface area contributed by atoms with Crippen LogP contribution in [0.3, 0.4) is 0 Å². The van der Waals surface area contributed by atoms with Gasteiger partial charge in [0.25, 0.3) is 0 Å². The number of hydrogen-bond acceptors (Lipinski definition) is 4. The van der Waals surface area contributed by atoms with E-state index in [2.05, 4.69) is 27.2 Å². The number of anilines is 1. The van der Waals surface area contributed by atoms with Crippen molar-refractivity contribution in [3.8, 4) is 0 Å². The second-order valence-corrected chi connectivity index (χ2v) is 4.44. The fourth-order valence-corrected chi connectivity index (χ4v) is 1.83. The summed E-state index contributed by atoms with van der Waals surface area (Å²) in [4.78, 5) is 12.8. The normalized spacial score (nSPS) is 10.6. The molecule has 0 aliphatic rings. The van der Waals surface area contributed by atoms with Crippen molar-refractivity contribution in [3.05, 3.63) is 35.3 Å². The summed E-state index contributed by atoms with van der Waals surface area (Å²) in [6, 6.07) is 1.73. The van der Waals surface area contributed by atoms with E-state index in [1.165, 1.54) is 0 Å². The number of rotatable bonds is 5. The highest BCUT2D eigenvalue weighted by Gasteiger charge is 2.04. The van der Waals surface area contributed by atoms with Crippen LogP contribution in [0.4, 0.5) is 5.82 Å². The lowest BCUT2D eigenvalue weighted by Gasteiger charge is -2.07. The van der Waals surface area contributed by atoms with Gasteiger partial charge in [-0.1, -0.05) is 18.5 Å². The van der Waals surface area contributed by atoms with E-state index in [1.54, 1.807) is 12.3 Å². The predicted molar refractivity (Wildman–Crippen MR) is 71.6 cm³/mol. The molecule has 2 aromatic rings. The minimum Gasteiger partial charge on any atom is -0.363 e. The molecule has 0 aliphatic heterocycles. The van der Waals surface area contributed by atoms with Crippen molar-refractivity contribution in [3.63, 3.8) is 0 Å². The molecule has 6 heteroatoms. The topological polar surface area (TPSA) is 55.6 Å². The van der Waals surface area contributed by atoms with E-state index in [4.69, 9.17) is 11.6 Å². The van der Waals surface area contributed by atoms with Crippen LogP contribution in [0.2, 0.25) is 5.15 Å². The van der Waals surface area contributed by atoms with Crippen LogP contribution in [0, 0.1) is 0 Å². The van der Waals surface area contributed by atoms with E-state index in [1.807, 2.05) is 17.8 Å². The average Bonchev–Trinajstić information content (AvgIpc) is 2.72. The first kappa shape index (κ1) is 12.8. The molecule has 0 spiro atoms. The van der Waals surface area contributed by atoms with Gasteiger partial charge in [0.15, 0.2) is 0 Å². The van der Waals surface area contributed by atoms with Crippen molar-refractivity contribution in [2.75, 3.05) is 5.32 Å². The van der Waals surface area contributed by atoms with Crippen LogP contribution < -0.4 is 5.32 Å². The maximum atomic E-state index is 5.97. The van der Waals surface area contributed by atoms with E-state index >= 15 is 0 Å². The summed E-state index contributed by atoms with van der Waals surface area (Å²) in [5, 5.41) is 3.68. The summed E-state index contributed by atoms with van der Waals surface area (Å²) in [5.74, 6) is 2.45. The van der Waals surface area contributed by atoms with Crippen LogP contribution in [-0.4, -0.2) is 19.5 Å². The largest absolute Gasteiger partial charge is 0.363 e. The molecule has 18 heavy (non-hydrogen) atoms. The number of aryl methyl sites for hydroxylation is 2. The van der Waals surface area contributed by atoms with Gasteiger partial charge in [-0.3, -0.25) is 0 Å². The van der Waals surface area contributed by atoms with Crippen molar-refractivity contribution in [1.29, 1.82) is 0 Å². The van der Waals surface area contributed by atoms with E-state index in [0.717, 1.165) is 30.3 Å². The van der Waals surface area contributed by atoms with Gasteiger partial charge in [-0.05, 0) is 6.42 Å². The second kappa shape index (κ2) is 5.82. The number of imidazole rings is 1. The smallest absolute Gasteiger partial charge is 0.134 e. The summed E-state index contributed by atoms with van der Waals surface area (Å²) in [6.45, 7) is 2.70. The molecule has 0 fully saturated rings. The highest BCUT2D eigenvalue weighted by Crippen LogP contribution is 2.13. The lowest BCUT2D eigenvalue weighted by atomic mass is 10.3. The molecular weight excluding hydrogens is 250 g/mol. The van der Waals surface area contributed by atoms with E-state index in [-0.39, 0.29) is 0 Å². The van der Waals surface area contributed by atoms with Gasteiger partial charge in [0, 0.05) is 31.9 Å². The molecule has 5 nitrogen and oxygen atoms in total. The minimum absolute atomic E-state index is 0.468. The fourth-order valence-electron chi connectivity index (χ4n) is 1.63. The maximum Gasteiger partial charge on any atom is 0.134 e. The zero-order valence-electron chi connectivity index (χ0n) is 10.5. The lowest BCUT2D eigenvalue weighted by Crippen LogP contribution is -2.08. The SMILES string of the molecule is CCCc1nc(Cl)cc(NCc2nccn2C)n1. The first-order chi connectivity index (χ1) is 8.69. The van der Waals surface area contributed by atoms with Crippen LogP contribution in [0.1, 0.15) is 25.0 Å². The van der Waals surface area contributed by atoms with E-state index < -0.39 is 0 Å². The summed E-state index contributed by atoms with van der Waals surface area (Å²) in [6.07, 6.45) is 5.51. The van der Waals surface area contributed by atoms with Crippen molar-refractivity contribution >= 4 is 17.4 Å². The lowest BCUT2D eigenvalue weighted by molar-refractivity contribution is 0.803. The molecule has 1 N–H and O–H groups in total. The second-order valence-electron chi connectivity index (χ2n) is 4.05. The van der Waals surface area contributed by atoms with Crippen LogP contribution in [0.15, 0.2) is 18.5 Å². The number of nitrogens with one attached hydrogen (secondary N) is 1. The van der Waals surface area contributed by atoms with Gasteiger partial charge >= 0.3 is 0 Å². The third kappa shape index (κ3) is 3.20. The summed E-state index contributed by atoms with van der Waals surface area (Å²) < 4.78 is 1.96. The molecule has 96 valence electrons. The molecule has 2 aromatic heterocycles. The third-order valence-corrected chi connectivity index (χ3v) is 2.76. The molecule has 0 unspecified atom stereocenters. The zero-order valence-corrected chi connectivity index (χ0v) is 11.3. The highest BCUT2D eigenvalue weighted by atomic mass is 35.5. The Bertz CT molecular complexity index is 523. The highest BCUT2D eigenvalue weighted by molar-refractivity contribution is 6.29. The van der Waals surface area contributed by atoms with Gasteiger partial charge in [-0.2, -0.15) is 0 Å². The van der Waals surface area contributed by atoms with Crippen molar-refractivity contribution in [1.82, 2.24) is 19.5 Å². The fraction of sp³-hybridized carbons (Fsp3) is 0.417. The van der Waals surface area contributed by atoms with Gasteiger partial charge in [0.05, 0.1) is 6.54 Å². The zero-order chi connectivity index (χ0) is 13.0. The van der Waals surface area contributed by atoms with Gasteiger partial charge in [0.1, 0.15) is 22.6 Å². The Morgan fingerprint density at radius 3 is 2.89 bits per heavy atom. The molecule has 0 aliphatic carbocycles. The van der Waals surface area contributed by atoms with E-state index in [0.29, 0.717) is 11.7 Å². The average molecular weight is 266 g/mol. The monoisotopic (exact) mass is 265 g/mol. The number of halogens is 1. The minimum atomic E-state index is 0.468. The number of aromatic nitrogens is 4. The molecule has 0 saturated heterocycles. The number of hydrogen-bond donors (Lipinski definition) is 1. The Morgan fingerprint density at radius 1 is 1.39 bits per heavy atom. The summed E-state index contributed by atoms with van der Waals surface area (Å²) in [5.41, 5.74) is 0. The first-order valence-electron chi connectivity index (χ1n) is 5.92. The Morgan fingerprint density at radius 2 is 2.22 bits per heavy atom. The van der Waals surface area contributed by atoms with Crippen molar-refractivity contribution < 1.29 is 0 Å². The van der Waals surface area contributed by atoms with Gasteiger partial charge in [-0.15, -0.1) is 0 Å². The van der Waals surface area contributed by atoms with Crippen LogP contribution in [-0.2, 0) is 20.0 Å². The van der Waals surface area contributed by atoms with Gasteiger partial charge in [-0.25, -0.2) is 15.0 Å². The van der Waals surface area contributed by atoms with E-state index in [9.17, 15) is 0 Å². The molecule has 2 rings (SSSR count). The maximum absolute atomic E-state index is 5.97. The van der Waals surface area contributed by atoms with Crippen LogP contribution in [0.25, 0.3) is 0 Å². The predicted octanol–water partition coefficient (Wildman–Crippen LogP) is 2.43. The molecule has 0 aromatic carbocycles. The van der Waals surface area contributed by atoms with Crippen molar-refractivity contribution in [2.24, 2.45) is 7.05 Å². The quantitative estimate of drug-likeness (QED) is 0.844. The summed E-state index contributed by atoms with van der Waals surface area (Å²) in [7, 11) is 1.96. The Kier molecular flexibility index (Phi) is 4.15. The third-order valence-electron chi connectivity index (χ3n) is 2.56. The Hall–Kier alpha value is -1.62. The van der Waals surface area contributed by atoms with Gasteiger partial charge < -0.3 is 9.88 Å². The Balaban J connectivity index is 2.07. The van der Waals surface area contributed by atoms with Gasteiger partial charge in [0.2, 0.25) is 0 Å². The van der Waals surface area contributed by atoms with Crippen molar-refractivity contribution in [2.45, 2.75) is 26.3 Å².